The summed E-state index contributed by atoms with van der Waals surface area (Å²) in [5.41, 5.74) is 1.39. The Morgan fingerprint density at radius 1 is 1.56 bits per heavy atom. The molecule has 0 aliphatic rings. The summed E-state index contributed by atoms with van der Waals surface area (Å²) in [7, 11) is 0. The Labute approximate surface area is 113 Å². The first-order chi connectivity index (χ1) is 8.67. The zero-order valence-electron chi connectivity index (χ0n) is 11.2. The molecule has 1 aromatic heterocycles. The van der Waals surface area contributed by atoms with Crippen molar-refractivity contribution in [3.63, 3.8) is 0 Å². The number of rotatable bonds is 7. The molecule has 0 saturated carbocycles. The van der Waals surface area contributed by atoms with Gasteiger partial charge >= 0.3 is 0 Å². The Hall–Kier alpha value is -1.23. The van der Waals surface area contributed by atoms with E-state index in [1.54, 1.807) is 24.0 Å². The predicted molar refractivity (Wildman–Crippen MR) is 78.3 cm³/mol. The maximum Gasteiger partial charge on any atom is 0.269 e. The highest BCUT2D eigenvalue weighted by Gasteiger charge is 2.08. The number of hydrogen-bond donors (Lipinski definition) is 2. The van der Waals surface area contributed by atoms with E-state index < -0.39 is 0 Å². The van der Waals surface area contributed by atoms with Crippen LogP contribution in [0.1, 0.15) is 30.8 Å². The minimum atomic E-state index is -0.108. The Kier molecular flexibility index (Phi) is 6.57. The number of nitrogens with zero attached hydrogens (tertiary/aromatic N) is 1. The molecule has 0 fully saturated rings. The van der Waals surface area contributed by atoms with E-state index in [2.05, 4.69) is 28.8 Å². The molecule has 0 aromatic carbocycles. The molecule has 0 saturated heterocycles. The lowest BCUT2D eigenvalue weighted by molar-refractivity contribution is 0.0948. The number of pyridine rings is 1. The molecule has 2 N–H and O–H groups in total. The number of thioether (sulfide) groups is 1. The number of anilines is 1. The number of hydrogen-bond acceptors (Lipinski definition) is 4. The number of carbonyl (C=O) groups is 1. The number of nitrogens with one attached hydrogen (secondary N) is 2. The minimum absolute atomic E-state index is 0.108. The van der Waals surface area contributed by atoms with Crippen molar-refractivity contribution in [1.29, 1.82) is 0 Å². The monoisotopic (exact) mass is 267 g/mol. The summed E-state index contributed by atoms with van der Waals surface area (Å²) in [6.45, 7) is 5.69. The predicted octanol–water partition coefficient (Wildman–Crippen LogP) is 2.38. The number of aromatic nitrogens is 1. The molecule has 1 atom stereocenters. The lowest BCUT2D eigenvalue weighted by Gasteiger charge is -2.09. The van der Waals surface area contributed by atoms with Crippen molar-refractivity contribution < 1.29 is 4.79 Å². The highest BCUT2D eigenvalue weighted by atomic mass is 32.2. The normalized spacial score (nSPS) is 11.9. The third kappa shape index (κ3) is 4.96. The van der Waals surface area contributed by atoms with Crippen molar-refractivity contribution >= 4 is 23.4 Å². The van der Waals surface area contributed by atoms with Gasteiger partial charge in [-0.25, -0.2) is 0 Å². The first-order valence-electron chi connectivity index (χ1n) is 6.18. The van der Waals surface area contributed by atoms with Gasteiger partial charge < -0.3 is 10.6 Å². The lowest BCUT2D eigenvalue weighted by Crippen LogP contribution is -2.26. The van der Waals surface area contributed by atoms with Crippen LogP contribution in [0.4, 0.5) is 5.69 Å². The van der Waals surface area contributed by atoms with E-state index in [0.29, 0.717) is 17.5 Å². The fourth-order valence-electron chi connectivity index (χ4n) is 1.47. The second kappa shape index (κ2) is 7.97. The Bertz CT molecular complexity index is 384. The summed E-state index contributed by atoms with van der Waals surface area (Å²) >= 11 is 1.80. The largest absolute Gasteiger partial charge is 0.385 e. The molecule has 1 rings (SSSR count). The first kappa shape index (κ1) is 14.8. The molecule has 1 unspecified atom stereocenters. The van der Waals surface area contributed by atoms with E-state index in [4.69, 9.17) is 0 Å². The van der Waals surface area contributed by atoms with Gasteiger partial charge in [-0.05, 0) is 31.7 Å². The van der Waals surface area contributed by atoms with E-state index in [0.717, 1.165) is 18.7 Å². The van der Waals surface area contributed by atoms with Gasteiger partial charge in [-0.1, -0.05) is 6.92 Å². The van der Waals surface area contributed by atoms with E-state index in [9.17, 15) is 4.79 Å². The van der Waals surface area contributed by atoms with Crippen LogP contribution in [0.5, 0.6) is 0 Å². The van der Waals surface area contributed by atoms with E-state index in [-0.39, 0.29) is 5.91 Å². The Morgan fingerprint density at radius 3 is 3.00 bits per heavy atom. The third-order valence-electron chi connectivity index (χ3n) is 2.61. The van der Waals surface area contributed by atoms with Gasteiger partial charge in [-0.2, -0.15) is 11.8 Å². The van der Waals surface area contributed by atoms with Crippen molar-refractivity contribution in [1.82, 2.24) is 10.3 Å². The van der Waals surface area contributed by atoms with Crippen LogP contribution in [0.2, 0.25) is 0 Å². The quantitative estimate of drug-likeness (QED) is 0.796. The molecule has 1 aromatic rings. The van der Waals surface area contributed by atoms with Crippen LogP contribution in [-0.2, 0) is 0 Å². The highest BCUT2D eigenvalue weighted by Crippen LogP contribution is 2.09. The summed E-state index contributed by atoms with van der Waals surface area (Å²) in [4.78, 5) is 15.9. The average molecular weight is 267 g/mol. The molecule has 100 valence electrons. The van der Waals surface area contributed by atoms with Crippen LogP contribution in [0.3, 0.4) is 0 Å². The molecule has 18 heavy (non-hydrogen) atoms. The molecule has 1 amide bonds. The Balaban J connectivity index is 2.48. The van der Waals surface area contributed by atoms with Gasteiger partial charge in [-0.3, -0.25) is 9.78 Å². The first-order valence-corrected chi connectivity index (χ1v) is 7.47. The van der Waals surface area contributed by atoms with E-state index in [1.807, 2.05) is 13.0 Å². The zero-order chi connectivity index (χ0) is 13.4. The van der Waals surface area contributed by atoms with Gasteiger partial charge in [0, 0.05) is 30.2 Å². The standard InChI is InChI=1S/C13H21N3OS/c1-4-14-11-6-8-15-12(9-11)13(17)16-7-5-10(2)18-3/h6,8-10H,4-5,7H2,1-3H3,(H,14,15)(H,16,17). The summed E-state index contributed by atoms with van der Waals surface area (Å²) in [5, 5.41) is 6.62. The van der Waals surface area contributed by atoms with Crippen molar-refractivity contribution in [3.8, 4) is 0 Å². The average Bonchev–Trinajstić information content (AvgIpc) is 2.39. The van der Waals surface area contributed by atoms with Crippen LogP contribution in [0.15, 0.2) is 18.3 Å². The molecule has 4 nitrogen and oxygen atoms in total. The molecule has 0 spiro atoms. The molecule has 0 aliphatic carbocycles. The maximum absolute atomic E-state index is 11.9. The van der Waals surface area contributed by atoms with Crippen LogP contribution in [0.25, 0.3) is 0 Å². The van der Waals surface area contributed by atoms with Crippen LogP contribution >= 0.6 is 11.8 Å². The molecular formula is C13H21N3OS. The van der Waals surface area contributed by atoms with Gasteiger partial charge in [0.05, 0.1) is 0 Å². The minimum Gasteiger partial charge on any atom is -0.385 e. The van der Waals surface area contributed by atoms with Crippen molar-refractivity contribution in [3.05, 3.63) is 24.0 Å². The van der Waals surface area contributed by atoms with Gasteiger partial charge in [0.2, 0.25) is 0 Å². The van der Waals surface area contributed by atoms with Crippen molar-refractivity contribution in [2.45, 2.75) is 25.5 Å². The summed E-state index contributed by atoms with van der Waals surface area (Å²) in [6, 6.07) is 3.63. The fourth-order valence-corrected chi connectivity index (χ4v) is 1.82. The third-order valence-corrected chi connectivity index (χ3v) is 3.65. The fraction of sp³-hybridized carbons (Fsp3) is 0.538. The number of amides is 1. The van der Waals surface area contributed by atoms with Crippen LogP contribution in [-0.4, -0.2) is 35.5 Å². The van der Waals surface area contributed by atoms with Crippen molar-refractivity contribution in [2.75, 3.05) is 24.7 Å². The molecule has 1 heterocycles. The summed E-state index contributed by atoms with van der Waals surface area (Å²) in [5.74, 6) is -0.108. The highest BCUT2D eigenvalue weighted by molar-refractivity contribution is 7.99. The SMILES string of the molecule is CCNc1ccnc(C(=O)NCCC(C)SC)c1. The van der Waals surface area contributed by atoms with Crippen LogP contribution in [0, 0.1) is 0 Å². The van der Waals surface area contributed by atoms with Crippen molar-refractivity contribution in [2.24, 2.45) is 0 Å². The van der Waals surface area contributed by atoms with Gasteiger partial charge in [0.15, 0.2) is 0 Å². The molecule has 5 heteroatoms. The second-order valence-electron chi connectivity index (χ2n) is 4.05. The van der Waals surface area contributed by atoms with E-state index >= 15 is 0 Å². The number of carbonyl (C=O) groups excluding carboxylic acids is 1. The topological polar surface area (TPSA) is 54.0 Å². The van der Waals surface area contributed by atoms with Gasteiger partial charge in [0.25, 0.3) is 5.91 Å². The van der Waals surface area contributed by atoms with Gasteiger partial charge in [-0.15, -0.1) is 0 Å². The second-order valence-corrected chi connectivity index (χ2v) is 5.33. The van der Waals surface area contributed by atoms with Gasteiger partial charge in [0.1, 0.15) is 5.69 Å². The summed E-state index contributed by atoms with van der Waals surface area (Å²) < 4.78 is 0. The Morgan fingerprint density at radius 2 is 2.33 bits per heavy atom. The lowest BCUT2D eigenvalue weighted by atomic mass is 10.3. The smallest absolute Gasteiger partial charge is 0.269 e. The molecular weight excluding hydrogens is 246 g/mol. The molecule has 0 bridgehead atoms. The zero-order valence-corrected chi connectivity index (χ0v) is 12.0. The molecule has 0 aliphatic heterocycles. The molecule has 0 radical (unpaired) electrons. The van der Waals surface area contributed by atoms with E-state index in [1.165, 1.54) is 0 Å². The van der Waals surface area contributed by atoms with Crippen LogP contribution < -0.4 is 10.6 Å². The summed E-state index contributed by atoms with van der Waals surface area (Å²) in [6.07, 6.45) is 4.70. The maximum atomic E-state index is 11.9.